The molecule has 0 atom stereocenters. The third-order valence-electron chi connectivity index (χ3n) is 4.38. The molecular formula is C24H20N2O3S. The number of benzene rings is 3. The summed E-state index contributed by atoms with van der Waals surface area (Å²) in [7, 11) is 0. The van der Waals surface area contributed by atoms with Crippen LogP contribution in [-0.2, 0) is 18.0 Å². The zero-order valence-corrected chi connectivity index (χ0v) is 17.0. The van der Waals surface area contributed by atoms with E-state index < -0.39 is 0 Å². The molecule has 0 saturated heterocycles. The molecule has 0 aliphatic carbocycles. The number of carbonyl (C=O) groups is 1. The van der Waals surface area contributed by atoms with Gasteiger partial charge in [-0.25, -0.2) is 0 Å². The minimum Gasteiger partial charge on any atom is -0.485 e. The number of rotatable bonds is 7. The second-order valence-electron chi connectivity index (χ2n) is 6.62. The molecule has 1 aliphatic rings. The Bertz CT molecular complexity index is 1100. The van der Waals surface area contributed by atoms with Crippen LogP contribution in [0.1, 0.15) is 16.7 Å². The van der Waals surface area contributed by atoms with Crippen molar-refractivity contribution >= 4 is 28.9 Å². The zero-order valence-electron chi connectivity index (χ0n) is 16.2. The fourth-order valence-corrected chi connectivity index (χ4v) is 3.58. The molecule has 0 bridgehead atoms. The van der Waals surface area contributed by atoms with E-state index in [1.165, 1.54) is 0 Å². The summed E-state index contributed by atoms with van der Waals surface area (Å²) >= 11 is 1.16. The number of thioether (sulfide) groups is 1. The highest BCUT2D eigenvalue weighted by Crippen LogP contribution is 2.33. The minimum absolute atomic E-state index is 0.259. The van der Waals surface area contributed by atoms with Crippen LogP contribution in [0.15, 0.2) is 88.8 Å². The lowest BCUT2D eigenvalue weighted by Crippen LogP contribution is -2.01. The first-order chi connectivity index (χ1) is 14.7. The van der Waals surface area contributed by atoms with Gasteiger partial charge >= 0.3 is 0 Å². The number of nitrogens with two attached hydrogens (primary N) is 1. The summed E-state index contributed by atoms with van der Waals surface area (Å²) in [5, 5.41) is 0.259. The Labute approximate surface area is 179 Å². The molecule has 0 aromatic heterocycles. The van der Waals surface area contributed by atoms with Crippen molar-refractivity contribution in [1.82, 2.24) is 0 Å². The fourth-order valence-electron chi connectivity index (χ4n) is 2.89. The van der Waals surface area contributed by atoms with Gasteiger partial charge in [0.1, 0.15) is 13.2 Å². The van der Waals surface area contributed by atoms with Crippen molar-refractivity contribution in [3.05, 3.63) is 100 Å². The van der Waals surface area contributed by atoms with Crippen LogP contribution in [-0.4, -0.2) is 11.1 Å². The Morgan fingerprint density at radius 1 is 0.833 bits per heavy atom. The van der Waals surface area contributed by atoms with Crippen LogP contribution in [0.3, 0.4) is 0 Å². The maximum atomic E-state index is 11.9. The third kappa shape index (κ3) is 5.10. The number of amides is 1. The van der Waals surface area contributed by atoms with Crippen LogP contribution in [0.4, 0.5) is 0 Å². The Balaban J connectivity index is 1.56. The van der Waals surface area contributed by atoms with Crippen molar-refractivity contribution < 1.29 is 14.3 Å². The fraction of sp³-hybridized carbons (Fsp3) is 0.0833. The number of aliphatic imine (C=N–C) groups is 1. The van der Waals surface area contributed by atoms with E-state index in [1.807, 2.05) is 78.9 Å². The molecule has 1 amide bonds. The lowest BCUT2D eigenvalue weighted by Gasteiger charge is -2.14. The average molecular weight is 417 g/mol. The Kier molecular flexibility index (Phi) is 6.15. The molecule has 0 radical (unpaired) electrons. The van der Waals surface area contributed by atoms with Crippen LogP contribution in [0.5, 0.6) is 11.5 Å². The van der Waals surface area contributed by atoms with Crippen molar-refractivity contribution in [1.29, 1.82) is 0 Å². The molecule has 1 aliphatic heterocycles. The molecule has 1 heterocycles. The monoisotopic (exact) mass is 416 g/mol. The van der Waals surface area contributed by atoms with Crippen LogP contribution in [0, 0.1) is 0 Å². The van der Waals surface area contributed by atoms with E-state index in [0.29, 0.717) is 29.6 Å². The van der Waals surface area contributed by atoms with Crippen LogP contribution >= 0.6 is 11.8 Å². The van der Waals surface area contributed by atoms with Gasteiger partial charge in [-0.1, -0.05) is 66.7 Å². The minimum atomic E-state index is -0.325. The number of hydrogen-bond donors (Lipinski definition) is 1. The predicted octanol–water partition coefficient (Wildman–Crippen LogP) is 4.77. The number of amidine groups is 1. The van der Waals surface area contributed by atoms with Gasteiger partial charge in [0.05, 0.1) is 4.91 Å². The summed E-state index contributed by atoms with van der Waals surface area (Å²) in [6, 6.07) is 25.5. The van der Waals surface area contributed by atoms with Crippen LogP contribution in [0.2, 0.25) is 0 Å². The topological polar surface area (TPSA) is 73.9 Å². The predicted molar refractivity (Wildman–Crippen MR) is 120 cm³/mol. The first kappa shape index (κ1) is 19.8. The summed E-state index contributed by atoms with van der Waals surface area (Å²) in [5.74, 6) is 0.917. The first-order valence-electron chi connectivity index (χ1n) is 9.43. The van der Waals surface area contributed by atoms with E-state index in [9.17, 15) is 4.79 Å². The molecule has 30 heavy (non-hydrogen) atoms. The van der Waals surface area contributed by atoms with Gasteiger partial charge in [-0.3, -0.25) is 4.79 Å². The summed E-state index contributed by atoms with van der Waals surface area (Å²) in [6.07, 6.45) is 1.76. The maximum absolute atomic E-state index is 11.9. The quantitative estimate of drug-likeness (QED) is 0.562. The highest BCUT2D eigenvalue weighted by atomic mass is 32.2. The third-order valence-corrected chi connectivity index (χ3v) is 5.19. The van der Waals surface area contributed by atoms with Gasteiger partial charge in [0.25, 0.3) is 5.91 Å². The molecule has 150 valence electrons. The van der Waals surface area contributed by atoms with Gasteiger partial charge < -0.3 is 15.2 Å². The highest BCUT2D eigenvalue weighted by molar-refractivity contribution is 8.18. The molecule has 2 N–H and O–H groups in total. The number of carbonyl (C=O) groups excluding carboxylic acids is 1. The average Bonchev–Trinajstić information content (AvgIpc) is 3.09. The maximum Gasteiger partial charge on any atom is 0.286 e. The van der Waals surface area contributed by atoms with Crippen LogP contribution < -0.4 is 15.2 Å². The van der Waals surface area contributed by atoms with E-state index in [0.717, 1.165) is 28.5 Å². The summed E-state index contributed by atoms with van der Waals surface area (Å²) in [6.45, 7) is 0.841. The Morgan fingerprint density at radius 2 is 1.43 bits per heavy atom. The van der Waals surface area contributed by atoms with Gasteiger partial charge in [-0.05, 0) is 46.7 Å². The molecule has 0 fully saturated rings. The van der Waals surface area contributed by atoms with Gasteiger partial charge in [-0.2, -0.15) is 4.99 Å². The molecule has 3 aromatic carbocycles. The molecule has 0 spiro atoms. The smallest absolute Gasteiger partial charge is 0.286 e. The normalized spacial score (nSPS) is 14.6. The van der Waals surface area contributed by atoms with Crippen LogP contribution in [0.25, 0.3) is 6.08 Å². The summed E-state index contributed by atoms with van der Waals surface area (Å²) in [5.41, 5.74) is 8.57. The molecule has 3 aromatic rings. The molecule has 0 unspecified atom stereocenters. The van der Waals surface area contributed by atoms with Crippen molar-refractivity contribution in [2.24, 2.45) is 10.7 Å². The van der Waals surface area contributed by atoms with E-state index in [-0.39, 0.29) is 11.1 Å². The van der Waals surface area contributed by atoms with Gasteiger partial charge in [0, 0.05) is 0 Å². The van der Waals surface area contributed by atoms with E-state index in [2.05, 4.69) is 4.99 Å². The first-order valence-corrected chi connectivity index (χ1v) is 10.2. The summed E-state index contributed by atoms with van der Waals surface area (Å²) in [4.78, 5) is 16.1. The van der Waals surface area contributed by atoms with Crippen molar-refractivity contribution in [2.75, 3.05) is 0 Å². The zero-order chi connectivity index (χ0) is 20.8. The molecule has 0 saturated carbocycles. The van der Waals surface area contributed by atoms with Gasteiger partial charge in [0.15, 0.2) is 16.7 Å². The Hall–Kier alpha value is -3.51. The van der Waals surface area contributed by atoms with E-state index >= 15 is 0 Å². The molecule has 5 nitrogen and oxygen atoms in total. The largest absolute Gasteiger partial charge is 0.485 e. The number of nitrogens with zero attached hydrogens (tertiary/aromatic N) is 1. The molecule has 6 heteroatoms. The van der Waals surface area contributed by atoms with Crippen molar-refractivity contribution in [2.45, 2.75) is 13.2 Å². The second kappa shape index (κ2) is 9.33. The van der Waals surface area contributed by atoms with E-state index in [1.54, 1.807) is 6.08 Å². The second-order valence-corrected chi connectivity index (χ2v) is 7.68. The van der Waals surface area contributed by atoms with Crippen molar-refractivity contribution in [3.63, 3.8) is 0 Å². The lowest BCUT2D eigenvalue weighted by molar-refractivity contribution is -0.113. The SMILES string of the molecule is NC1=NC(=O)C(=Cc2ccc(OCc3ccccc3)c(OCc3ccccc3)c2)S1. The lowest BCUT2D eigenvalue weighted by atomic mass is 10.1. The van der Waals surface area contributed by atoms with Crippen molar-refractivity contribution in [3.8, 4) is 11.5 Å². The van der Waals surface area contributed by atoms with Gasteiger partial charge in [0.2, 0.25) is 0 Å². The number of hydrogen-bond acceptors (Lipinski definition) is 5. The number of ether oxygens (including phenoxy) is 2. The molecule has 4 rings (SSSR count). The summed E-state index contributed by atoms with van der Waals surface area (Å²) < 4.78 is 12.1. The van der Waals surface area contributed by atoms with E-state index in [4.69, 9.17) is 15.2 Å². The highest BCUT2D eigenvalue weighted by Gasteiger charge is 2.19. The molecular weight excluding hydrogens is 396 g/mol. The standard InChI is InChI=1S/C24H20N2O3S/c25-24-26-23(27)22(30-24)14-19-11-12-20(28-15-17-7-3-1-4-8-17)21(13-19)29-16-18-9-5-2-6-10-18/h1-14H,15-16H2,(H2,25,26,27). The Morgan fingerprint density at radius 3 is 2.00 bits per heavy atom. The van der Waals surface area contributed by atoms with Gasteiger partial charge in [-0.15, -0.1) is 0 Å².